The third-order valence-electron chi connectivity index (χ3n) is 4.75. The van der Waals surface area contributed by atoms with Gasteiger partial charge in [0.15, 0.2) is 5.69 Å². The minimum Gasteiger partial charge on any atom is -0.489 e. The quantitative estimate of drug-likeness (QED) is 0.300. The summed E-state index contributed by atoms with van der Waals surface area (Å²) in [5, 5.41) is 16.7. The number of carbonyl (C=O) groups excluding carboxylic acids is 2. The van der Waals surface area contributed by atoms with Gasteiger partial charge in [-0.25, -0.2) is 9.07 Å². The number of ether oxygens (including phenoxy) is 2. The highest BCUT2D eigenvalue weighted by atomic mass is 19.1. The van der Waals surface area contributed by atoms with Crippen LogP contribution in [0.2, 0.25) is 0 Å². The number of benzene rings is 2. The van der Waals surface area contributed by atoms with Crippen LogP contribution in [-0.2, 0) is 4.74 Å². The van der Waals surface area contributed by atoms with Crippen LogP contribution in [0.15, 0.2) is 54.7 Å². The zero-order valence-corrected chi connectivity index (χ0v) is 19.5. The number of carbonyl (C=O) groups is 2. The third kappa shape index (κ3) is 7.78. The van der Waals surface area contributed by atoms with Crippen molar-refractivity contribution >= 4 is 17.5 Å². The first-order chi connectivity index (χ1) is 17.1. The van der Waals surface area contributed by atoms with Crippen molar-refractivity contribution in [3.63, 3.8) is 0 Å². The SMILES string of the molecule is CCNC(=O)c1ccc(-n2cc(C(=O)NCCNc3ccccc3)nn2)c(OCCOCCF)c1. The highest BCUT2D eigenvalue weighted by Gasteiger charge is 2.16. The van der Waals surface area contributed by atoms with E-state index in [0.717, 1.165) is 5.69 Å². The Hall–Kier alpha value is -3.99. The van der Waals surface area contributed by atoms with E-state index in [2.05, 4.69) is 26.3 Å². The molecule has 1 heterocycles. The Morgan fingerprint density at radius 1 is 1.00 bits per heavy atom. The zero-order valence-electron chi connectivity index (χ0n) is 19.5. The molecule has 2 amide bonds. The molecular formula is C24H29FN6O4. The molecule has 0 radical (unpaired) electrons. The smallest absolute Gasteiger partial charge is 0.273 e. The number of hydrogen-bond acceptors (Lipinski definition) is 7. The predicted octanol–water partition coefficient (Wildman–Crippen LogP) is 2.22. The van der Waals surface area contributed by atoms with Crippen LogP contribution < -0.4 is 20.7 Å². The lowest BCUT2D eigenvalue weighted by molar-refractivity contribution is 0.0894. The Balaban J connectivity index is 1.65. The van der Waals surface area contributed by atoms with E-state index in [1.165, 1.54) is 10.9 Å². The van der Waals surface area contributed by atoms with Crippen molar-refractivity contribution < 1.29 is 23.5 Å². The van der Waals surface area contributed by atoms with E-state index in [4.69, 9.17) is 9.47 Å². The van der Waals surface area contributed by atoms with Crippen molar-refractivity contribution in [2.75, 3.05) is 51.4 Å². The van der Waals surface area contributed by atoms with Gasteiger partial charge in [0.05, 0.1) is 19.4 Å². The standard InChI is InChI=1S/C24H29FN6O4/c1-2-26-23(32)18-8-9-21(22(16-18)35-15-14-34-13-10-25)31-17-20(29-30-31)24(33)28-12-11-27-19-6-4-3-5-7-19/h3-9,16-17,27H,2,10-15H2,1H3,(H,26,32)(H,28,33). The van der Waals surface area contributed by atoms with Crippen molar-refractivity contribution in [3.8, 4) is 11.4 Å². The number of aromatic nitrogens is 3. The van der Waals surface area contributed by atoms with Gasteiger partial charge >= 0.3 is 0 Å². The molecule has 0 bridgehead atoms. The largest absolute Gasteiger partial charge is 0.489 e. The van der Waals surface area contributed by atoms with E-state index in [-0.39, 0.29) is 37.3 Å². The molecule has 2 aromatic carbocycles. The normalized spacial score (nSPS) is 10.6. The van der Waals surface area contributed by atoms with Gasteiger partial charge in [0.1, 0.15) is 24.7 Å². The van der Waals surface area contributed by atoms with Crippen LogP contribution in [0.4, 0.5) is 10.1 Å². The first kappa shape index (κ1) is 25.6. The molecule has 0 saturated heterocycles. The molecule has 0 atom stereocenters. The lowest BCUT2D eigenvalue weighted by Gasteiger charge is -2.13. The molecule has 0 aliphatic heterocycles. The molecule has 11 heteroatoms. The van der Waals surface area contributed by atoms with E-state index in [9.17, 15) is 14.0 Å². The average molecular weight is 485 g/mol. The van der Waals surface area contributed by atoms with Crippen molar-refractivity contribution in [3.05, 3.63) is 66.0 Å². The number of nitrogens with zero attached hydrogens (tertiary/aromatic N) is 3. The van der Waals surface area contributed by atoms with Crippen molar-refractivity contribution in [2.24, 2.45) is 0 Å². The van der Waals surface area contributed by atoms with E-state index < -0.39 is 6.67 Å². The Kier molecular flexibility index (Phi) is 10.00. The predicted molar refractivity (Wildman–Crippen MR) is 129 cm³/mol. The second-order valence-corrected chi connectivity index (χ2v) is 7.29. The second-order valence-electron chi connectivity index (χ2n) is 7.29. The third-order valence-corrected chi connectivity index (χ3v) is 4.75. The number of halogens is 1. The summed E-state index contributed by atoms with van der Waals surface area (Å²) in [6.45, 7) is 2.98. The zero-order chi connectivity index (χ0) is 24.9. The van der Waals surface area contributed by atoms with Gasteiger partial charge < -0.3 is 25.4 Å². The summed E-state index contributed by atoms with van der Waals surface area (Å²) in [5.74, 6) is -0.269. The number of nitrogens with one attached hydrogen (secondary N) is 3. The molecule has 3 rings (SSSR count). The van der Waals surface area contributed by atoms with Gasteiger partial charge in [-0.15, -0.1) is 5.10 Å². The molecule has 0 aliphatic carbocycles. The van der Waals surface area contributed by atoms with Crippen LogP contribution in [0.1, 0.15) is 27.8 Å². The second kappa shape index (κ2) is 13.7. The van der Waals surface area contributed by atoms with Gasteiger partial charge in [0.25, 0.3) is 11.8 Å². The van der Waals surface area contributed by atoms with Crippen molar-refractivity contribution in [1.29, 1.82) is 0 Å². The number of hydrogen-bond donors (Lipinski definition) is 3. The maximum absolute atomic E-state index is 12.5. The van der Waals surface area contributed by atoms with E-state index in [1.807, 2.05) is 37.3 Å². The summed E-state index contributed by atoms with van der Waals surface area (Å²) in [5.41, 5.74) is 1.99. The monoisotopic (exact) mass is 484 g/mol. The van der Waals surface area contributed by atoms with E-state index in [1.54, 1.807) is 18.2 Å². The molecule has 0 unspecified atom stereocenters. The first-order valence-electron chi connectivity index (χ1n) is 11.3. The average Bonchev–Trinajstić information content (AvgIpc) is 3.37. The number of para-hydroxylation sites is 1. The van der Waals surface area contributed by atoms with Crippen LogP contribution in [0, 0.1) is 0 Å². The van der Waals surface area contributed by atoms with E-state index in [0.29, 0.717) is 36.6 Å². The Morgan fingerprint density at radius 2 is 1.83 bits per heavy atom. The lowest BCUT2D eigenvalue weighted by Crippen LogP contribution is -2.29. The van der Waals surface area contributed by atoms with Crippen LogP contribution in [0.3, 0.4) is 0 Å². The maximum atomic E-state index is 12.5. The van der Waals surface area contributed by atoms with Crippen molar-refractivity contribution in [1.82, 2.24) is 25.6 Å². The Labute approximate surface area is 202 Å². The Bertz CT molecular complexity index is 1090. The molecule has 0 spiro atoms. The highest BCUT2D eigenvalue weighted by Crippen LogP contribution is 2.24. The number of amides is 2. The first-order valence-corrected chi connectivity index (χ1v) is 11.3. The summed E-state index contributed by atoms with van der Waals surface area (Å²) in [6.07, 6.45) is 1.48. The number of anilines is 1. The fourth-order valence-electron chi connectivity index (χ4n) is 3.11. The summed E-state index contributed by atoms with van der Waals surface area (Å²) >= 11 is 0. The molecule has 35 heavy (non-hydrogen) atoms. The molecule has 0 fully saturated rings. The van der Waals surface area contributed by atoms with Gasteiger partial charge in [-0.05, 0) is 37.3 Å². The van der Waals surface area contributed by atoms with Crippen molar-refractivity contribution in [2.45, 2.75) is 6.92 Å². The van der Waals surface area contributed by atoms with Crippen LogP contribution in [0.5, 0.6) is 5.75 Å². The van der Waals surface area contributed by atoms with Gasteiger partial charge in [-0.3, -0.25) is 9.59 Å². The van der Waals surface area contributed by atoms with Crippen LogP contribution in [-0.4, -0.2) is 72.9 Å². The van der Waals surface area contributed by atoms with Crippen LogP contribution in [0.25, 0.3) is 5.69 Å². The van der Waals surface area contributed by atoms with E-state index >= 15 is 0 Å². The van der Waals surface area contributed by atoms with Crippen LogP contribution >= 0.6 is 0 Å². The Morgan fingerprint density at radius 3 is 2.60 bits per heavy atom. The fourth-order valence-corrected chi connectivity index (χ4v) is 3.11. The number of alkyl halides is 1. The number of rotatable bonds is 14. The summed E-state index contributed by atoms with van der Waals surface area (Å²) in [4.78, 5) is 24.7. The van der Waals surface area contributed by atoms with Gasteiger partial charge in [0.2, 0.25) is 0 Å². The molecular weight excluding hydrogens is 455 g/mol. The fraction of sp³-hybridized carbons (Fsp3) is 0.333. The maximum Gasteiger partial charge on any atom is 0.273 e. The molecule has 3 N–H and O–H groups in total. The molecule has 1 aromatic heterocycles. The minimum absolute atomic E-state index is 0.0163. The van der Waals surface area contributed by atoms with Gasteiger partial charge in [-0.1, -0.05) is 23.4 Å². The molecule has 10 nitrogen and oxygen atoms in total. The molecule has 186 valence electrons. The minimum atomic E-state index is -0.579. The lowest BCUT2D eigenvalue weighted by atomic mass is 10.1. The summed E-state index contributed by atoms with van der Waals surface area (Å²) < 4.78 is 24.5. The molecule has 3 aromatic rings. The topological polar surface area (TPSA) is 119 Å². The summed E-state index contributed by atoms with van der Waals surface area (Å²) in [7, 11) is 0. The molecule has 0 aliphatic rings. The van der Waals surface area contributed by atoms with Gasteiger partial charge in [0, 0.05) is 30.9 Å². The highest BCUT2D eigenvalue weighted by molar-refractivity contribution is 5.95. The van der Waals surface area contributed by atoms with Gasteiger partial charge in [-0.2, -0.15) is 0 Å². The molecule has 0 saturated carbocycles. The summed E-state index contributed by atoms with van der Waals surface area (Å²) in [6, 6.07) is 14.5.